The van der Waals surface area contributed by atoms with Gasteiger partial charge in [0.15, 0.2) is 0 Å². The molecule has 19 heavy (non-hydrogen) atoms. The molecule has 0 aromatic rings. The third-order valence-electron chi connectivity index (χ3n) is 3.46. The average Bonchev–Trinajstić information content (AvgIpc) is 2.55. The summed E-state index contributed by atoms with van der Waals surface area (Å²) in [7, 11) is 0. The minimum Gasteiger partial charge on any atom is -0.460 e. The van der Waals surface area contributed by atoms with Gasteiger partial charge in [0.1, 0.15) is 6.61 Å². The Balaban J connectivity index is 2.42. The predicted octanol–water partition coefficient (Wildman–Crippen LogP) is 3.84. The molecule has 0 aromatic carbocycles. The van der Waals surface area contributed by atoms with E-state index in [1.54, 1.807) is 0 Å². The molecule has 0 radical (unpaired) electrons. The van der Waals surface area contributed by atoms with Crippen LogP contribution in [-0.4, -0.2) is 34.9 Å². The molecule has 0 heterocycles. The van der Waals surface area contributed by atoms with Crippen LogP contribution in [0.3, 0.4) is 0 Å². The van der Waals surface area contributed by atoms with Crippen LogP contribution in [0.4, 0.5) is 0 Å². The second-order valence-corrected chi connectivity index (χ2v) is 7.27. The molecule has 1 aliphatic rings. The van der Waals surface area contributed by atoms with Crippen LogP contribution in [-0.2, 0) is 14.3 Å². The molecule has 3 unspecified atom stereocenters. The smallest absolute Gasteiger partial charge is 0.330 e. The molecule has 110 valence electrons. The molecule has 1 saturated carbocycles. The van der Waals surface area contributed by atoms with E-state index in [-0.39, 0.29) is 12.7 Å². The summed E-state index contributed by atoms with van der Waals surface area (Å²) in [6, 6.07) is 0. The second-order valence-electron chi connectivity index (χ2n) is 4.80. The number of esters is 1. The molecule has 0 aromatic heterocycles. The summed E-state index contributed by atoms with van der Waals surface area (Å²) in [5.74, 6) is 0.138. The lowest BCUT2D eigenvalue weighted by molar-refractivity contribution is -0.140. The third kappa shape index (κ3) is 5.96. The molecule has 0 bridgehead atoms. The van der Waals surface area contributed by atoms with Crippen LogP contribution in [0.1, 0.15) is 32.6 Å². The van der Waals surface area contributed by atoms with Gasteiger partial charge in [-0.05, 0) is 25.2 Å². The molecule has 1 fully saturated rings. The Labute approximate surface area is 132 Å². The van der Waals surface area contributed by atoms with E-state index in [9.17, 15) is 4.79 Å². The van der Waals surface area contributed by atoms with Gasteiger partial charge in [-0.15, -0.1) is 0 Å². The highest BCUT2D eigenvalue weighted by Crippen LogP contribution is 2.35. The number of alkyl halides is 2. The van der Waals surface area contributed by atoms with Crippen molar-refractivity contribution in [3.8, 4) is 0 Å². The van der Waals surface area contributed by atoms with E-state index in [0.29, 0.717) is 22.2 Å². The second kappa shape index (κ2) is 9.14. The molecule has 0 saturated heterocycles. The Bertz CT molecular complexity index is 296. The van der Waals surface area contributed by atoms with Gasteiger partial charge in [-0.3, -0.25) is 0 Å². The van der Waals surface area contributed by atoms with Crippen molar-refractivity contribution < 1.29 is 14.3 Å². The van der Waals surface area contributed by atoms with Crippen LogP contribution < -0.4 is 0 Å². The van der Waals surface area contributed by atoms with Gasteiger partial charge in [0.25, 0.3) is 0 Å². The van der Waals surface area contributed by atoms with Crippen LogP contribution in [0.5, 0.6) is 0 Å². The van der Waals surface area contributed by atoms with Crippen LogP contribution in [0.25, 0.3) is 0 Å². The maximum atomic E-state index is 10.9. The maximum absolute atomic E-state index is 10.9. The van der Waals surface area contributed by atoms with E-state index < -0.39 is 5.97 Å². The zero-order chi connectivity index (χ0) is 14.3. The summed E-state index contributed by atoms with van der Waals surface area (Å²) in [6.45, 7) is 6.28. The van der Waals surface area contributed by atoms with Crippen molar-refractivity contribution in [2.45, 2.75) is 48.4 Å². The quantitative estimate of drug-likeness (QED) is 0.224. The molecular formula is C14H22Br2O3. The van der Waals surface area contributed by atoms with Crippen molar-refractivity contribution in [2.24, 2.45) is 5.92 Å². The van der Waals surface area contributed by atoms with E-state index in [2.05, 4.69) is 45.4 Å². The summed E-state index contributed by atoms with van der Waals surface area (Å²) in [5, 5.41) is 0. The highest BCUT2D eigenvalue weighted by atomic mass is 79.9. The molecule has 3 nitrogen and oxygen atoms in total. The lowest BCUT2D eigenvalue weighted by Gasteiger charge is -2.28. The van der Waals surface area contributed by atoms with Crippen molar-refractivity contribution in [3.05, 3.63) is 12.7 Å². The van der Waals surface area contributed by atoms with E-state index in [4.69, 9.17) is 9.47 Å². The molecular weight excluding hydrogens is 376 g/mol. The van der Waals surface area contributed by atoms with Crippen LogP contribution >= 0.6 is 31.9 Å². The SMILES string of the molecule is C=CC(=O)OCCO[C@H]1C(Br)CCC(Br)CC1CC. The highest BCUT2D eigenvalue weighted by Gasteiger charge is 2.32. The zero-order valence-electron chi connectivity index (χ0n) is 11.3. The standard InChI is InChI=1S/C14H22Br2O3/c1-3-10-9-11(15)5-6-12(16)14(10)19-8-7-18-13(17)4-2/h4,10-12,14H,2-3,5-9H2,1H3/t10?,11?,12?,14-/m1/s1. The Morgan fingerprint density at radius 1 is 1.37 bits per heavy atom. The fourth-order valence-electron chi connectivity index (χ4n) is 2.40. The normalized spacial score (nSPS) is 31.5. The first kappa shape index (κ1) is 17.2. The highest BCUT2D eigenvalue weighted by molar-refractivity contribution is 9.09. The van der Waals surface area contributed by atoms with Gasteiger partial charge in [0.05, 0.1) is 12.7 Å². The minimum atomic E-state index is -0.396. The molecule has 0 N–H and O–H groups in total. The van der Waals surface area contributed by atoms with Gasteiger partial charge in [-0.2, -0.15) is 0 Å². The lowest BCUT2D eigenvalue weighted by atomic mass is 9.94. The van der Waals surface area contributed by atoms with E-state index in [1.165, 1.54) is 6.08 Å². The zero-order valence-corrected chi connectivity index (χ0v) is 14.5. The number of ether oxygens (including phenoxy) is 2. The van der Waals surface area contributed by atoms with E-state index in [1.807, 2.05) is 0 Å². The molecule has 1 aliphatic carbocycles. The number of hydrogen-bond acceptors (Lipinski definition) is 3. The van der Waals surface area contributed by atoms with Gasteiger partial charge in [0, 0.05) is 15.7 Å². The number of rotatable bonds is 6. The first-order valence-corrected chi connectivity index (χ1v) is 8.60. The molecule has 0 spiro atoms. The minimum absolute atomic E-state index is 0.190. The van der Waals surface area contributed by atoms with Gasteiger partial charge in [-0.25, -0.2) is 4.79 Å². The summed E-state index contributed by atoms with van der Waals surface area (Å²) in [6.07, 6.45) is 5.86. The van der Waals surface area contributed by atoms with Crippen molar-refractivity contribution in [3.63, 3.8) is 0 Å². The first-order valence-electron chi connectivity index (χ1n) is 6.77. The van der Waals surface area contributed by atoms with Gasteiger partial charge in [0.2, 0.25) is 0 Å². The predicted molar refractivity (Wildman–Crippen MR) is 84.0 cm³/mol. The van der Waals surface area contributed by atoms with Crippen molar-refractivity contribution in [1.29, 1.82) is 0 Å². The monoisotopic (exact) mass is 396 g/mol. The molecule has 0 amide bonds. The lowest BCUT2D eigenvalue weighted by Crippen LogP contribution is -2.32. The molecule has 4 atom stereocenters. The average molecular weight is 398 g/mol. The van der Waals surface area contributed by atoms with Crippen molar-refractivity contribution in [2.75, 3.05) is 13.2 Å². The Hall–Kier alpha value is 0.130. The van der Waals surface area contributed by atoms with Crippen molar-refractivity contribution in [1.82, 2.24) is 0 Å². The van der Waals surface area contributed by atoms with E-state index >= 15 is 0 Å². The van der Waals surface area contributed by atoms with Gasteiger partial charge < -0.3 is 9.47 Å². The fraction of sp³-hybridized carbons (Fsp3) is 0.786. The van der Waals surface area contributed by atoms with Crippen LogP contribution in [0.15, 0.2) is 12.7 Å². The first-order chi connectivity index (χ1) is 9.08. The number of halogens is 2. The molecule has 1 rings (SSSR count). The largest absolute Gasteiger partial charge is 0.460 e. The fourth-order valence-corrected chi connectivity index (χ4v) is 4.00. The van der Waals surface area contributed by atoms with E-state index in [0.717, 1.165) is 25.7 Å². The molecule has 0 aliphatic heterocycles. The summed E-state index contributed by atoms with van der Waals surface area (Å²) in [5.41, 5.74) is 0. The summed E-state index contributed by atoms with van der Waals surface area (Å²) in [4.78, 5) is 11.9. The van der Waals surface area contributed by atoms with Crippen LogP contribution in [0.2, 0.25) is 0 Å². The van der Waals surface area contributed by atoms with Crippen LogP contribution in [0, 0.1) is 5.92 Å². The molecule has 5 heteroatoms. The Kier molecular flexibility index (Phi) is 8.26. The topological polar surface area (TPSA) is 35.5 Å². The Morgan fingerprint density at radius 3 is 2.74 bits per heavy atom. The number of hydrogen-bond donors (Lipinski definition) is 0. The Morgan fingerprint density at radius 2 is 2.11 bits per heavy atom. The third-order valence-corrected chi connectivity index (χ3v) is 5.27. The van der Waals surface area contributed by atoms with Gasteiger partial charge in [-0.1, -0.05) is 51.8 Å². The summed E-state index contributed by atoms with van der Waals surface area (Å²) >= 11 is 7.47. The number of carbonyl (C=O) groups is 1. The van der Waals surface area contributed by atoms with Gasteiger partial charge >= 0.3 is 5.97 Å². The summed E-state index contributed by atoms with van der Waals surface area (Å²) < 4.78 is 10.9. The number of carbonyl (C=O) groups excluding carboxylic acids is 1. The maximum Gasteiger partial charge on any atom is 0.330 e. The van der Waals surface area contributed by atoms with Crippen molar-refractivity contribution >= 4 is 37.8 Å².